The highest BCUT2D eigenvalue weighted by molar-refractivity contribution is 7.09. The third-order valence-corrected chi connectivity index (χ3v) is 5.81. The molecule has 0 amide bonds. The summed E-state index contributed by atoms with van der Waals surface area (Å²) in [5, 5.41) is 2.85. The molecule has 32 heavy (non-hydrogen) atoms. The molecule has 1 heterocycles. The van der Waals surface area contributed by atoms with Gasteiger partial charge < -0.3 is 15.2 Å². The van der Waals surface area contributed by atoms with Gasteiger partial charge >= 0.3 is 5.97 Å². The molecule has 5 nitrogen and oxygen atoms in total. The number of aromatic nitrogens is 1. The molecular formula is C26H28N2O3S. The molecule has 1 aromatic heterocycles. The number of nitrogens with two attached hydrogens (primary N) is 1. The van der Waals surface area contributed by atoms with Crippen molar-refractivity contribution < 1.29 is 14.3 Å². The van der Waals surface area contributed by atoms with Crippen LogP contribution in [-0.2, 0) is 22.6 Å². The summed E-state index contributed by atoms with van der Waals surface area (Å²) in [6.45, 7) is 4.19. The maximum absolute atomic E-state index is 11.5. The molecule has 0 unspecified atom stereocenters. The zero-order valence-corrected chi connectivity index (χ0v) is 19.4. The lowest BCUT2D eigenvalue weighted by atomic mass is 10.1. The van der Waals surface area contributed by atoms with Crippen molar-refractivity contribution in [3.8, 4) is 5.75 Å². The van der Waals surface area contributed by atoms with Crippen LogP contribution in [0.2, 0.25) is 0 Å². The molecule has 0 aliphatic carbocycles. The Morgan fingerprint density at radius 3 is 2.50 bits per heavy atom. The molecule has 3 rings (SSSR count). The first kappa shape index (κ1) is 23.4. The lowest BCUT2D eigenvalue weighted by Gasteiger charge is -2.10. The van der Waals surface area contributed by atoms with Crippen molar-refractivity contribution in [2.75, 3.05) is 7.11 Å². The van der Waals surface area contributed by atoms with E-state index in [9.17, 15) is 4.79 Å². The zero-order chi connectivity index (χ0) is 22.9. The second-order valence-electron chi connectivity index (χ2n) is 7.55. The number of methoxy groups -OCH3 is 1. The molecule has 0 radical (unpaired) electrons. The van der Waals surface area contributed by atoms with E-state index in [2.05, 4.69) is 4.98 Å². The van der Waals surface area contributed by atoms with Gasteiger partial charge in [0.25, 0.3) is 0 Å². The fourth-order valence-corrected chi connectivity index (χ4v) is 3.96. The second-order valence-corrected chi connectivity index (χ2v) is 8.44. The van der Waals surface area contributed by atoms with E-state index in [0.29, 0.717) is 18.6 Å². The van der Waals surface area contributed by atoms with E-state index >= 15 is 0 Å². The number of thiazole rings is 1. The number of carbonyl (C=O) groups is 1. The van der Waals surface area contributed by atoms with E-state index in [1.807, 2.05) is 73.0 Å². The minimum Gasteiger partial charge on any atom is -0.489 e. The highest BCUT2D eigenvalue weighted by Gasteiger charge is 2.12. The fraction of sp³-hybridized carbons (Fsp3) is 0.231. The molecule has 0 aliphatic rings. The van der Waals surface area contributed by atoms with Gasteiger partial charge in [-0.1, -0.05) is 42.5 Å². The lowest BCUT2D eigenvalue weighted by Crippen LogP contribution is -2.13. The molecule has 3 aromatic rings. The van der Waals surface area contributed by atoms with E-state index in [0.717, 1.165) is 33.2 Å². The highest BCUT2D eigenvalue weighted by Crippen LogP contribution is 2.23. The number of nitrogens with zero attached hydrogens (tertiary/aromatic N) is 1. The summed E-state index contributed by atoms with van der Waals surface area (Å²) in [7, 11) is 1.37. The standard InChI is InChI=1S/C26H28N2O3S/c1-18(13-19(2)26(29)30-3)14-22-17-32-25(28-22)24(27)15-20-9-11-23(12-10-20)31-16-21-7-5-4-6-8-21/h4-14,17,24H,15-16,27H2,1-3H3/b18-14+,19-13-/t24-/m0/s1. The lowest BCUT2D eigenvalue weighted by molar-refractivity contribution is -0.136. The SMILES string of the molecule is COC(=O)/C(C)=C\C(C)=C\c1csc([C@@H](N)Cc2ccc(OCc3ccccc3)cc2)n1. The van der Waals surface area contributed by atoms with E-state index in [1.54, 1.807) is 13.0 Å². The molecular weight excluding hydrogens is 420 g/mol. The van der Waals surface area contributed by atoms with E-state index in [1.165, 1.54) is 18.4 Å². The predicted octanol–water partition coefficient (Wildman–Crippen LogP) is 5.49. The Kier molecular flexibility index (Phi) is 8.36. The van der Waals surface area contributed by atoms with Gasteiger partial charge in [0, 0.05) is 11.0 Å². The summed E-state index contributed by atoms with van der Waals surface area (Å²) in [5.74, 6) is 0.494. The van der Waals surface area contributed by atoms with Crippen molar-refractivity contribution >= 4 is 23.4 Å². The van der Waals surface area contributed by atoms with Gasteiger partial charge in [-0.3, -0.25) is 0 Å². The van der Waals surface area contributed by atoms with Crippen LogP contribution in [0, 0.1) is 0 Å². The van der Waals surface area contributed by atoms with Gasteiger partial charge in [0.2, 0.25) is 0 Å². The van der Waals surface area contributed by atoms with Crippen molar-refractivity contribution in [3.05, 3.63) is 99.0 Å². The molecule has 6 heteroatoms. The first-order valence-corrected chi connectivity index (χ1v) is 11.2. The van der Waals surface area contributed by atoms with Gasteiger partial charge in [-0.2, -0.15) is 0 Å². The Labute approximate surface area is 193 Å². The van der Waals surface area contributed by atoms with Crippen molar-refractivity contribution in [2.45, 2.75) is 32.9 Å². The van der Waals surface area contributed by atoms with Gasteiger partial charge in [-0.15, -0.1) is 11.3 Å². The number of hydrogen-bond donors (Lipinski definition) is 1. The summed E-state index contributed by atoms with van der Waals surface area (Å²) < 4.78 is 10.6. The Morgan fingerprint density at radius 2 is 1.81 bits per heavy atom. The molecule has 0 bridgehead atoms. The molecule has 166 valence electrons. The average Bonchev–Trinajstić information content (AvgIpc) is 3.27. The molecule has 0 saturated heterocycles. The van der Waals surface area contributed by atoms with Crippen LogP contribution in [0.5, 0.6) is 5.75 Å². The first-order valence-electron chi connectivity index (χ1n) is 10.4. The minimum atomic E-state index is -0.338. The predicted molar refractivity (Wildman–Crippen MR) is 129 cm³/mol. The van der Waals surface area contributed by atoms with Crippen LogP contribution >= 0.6 is 11.3 Å². The van der Waals surface area contributed by atoms with E-state index in [4.69, 9.17) is 15.2 Å². The monoisotopic (exact) mass is 448 g/mol. The first-order chi connectivity index (χ1) is 15.4. The molecule has 2 aromatic carbocycles. The van der Waals surface area contributed by atoms with Crippen LogP contribution in [0.15, 0.2) is 77.2 Å². The molecule has 0 aliphatic heterocycles. The van der Waals surface area contributed by atoms with E-state index < -0.39 is 0 Å². The molecule has 0 spiro atoms. The van der Waals surface area contributed by atoms with Crippen LogP contribution in [0.3, 0.4) is 0 Å². The summed E-state index contributed by atoms with van der Waals surface area (Å²) in [6, 6.07) is 17.9. The number of benzene rings is 2. The Balaban J connectivity index is 1.57. The van der Waals surface area contributed by atoms with Crippen molar-refractivity contribution in [1.29, 1.82) is 0 Å². The Morgan fingerprint density at radius 1 is 1.09 bits per heavy atom. The van der Waals surface area contributed by atoms with E-state index in [-0.39, 0.29) is 12.0 Å². The molecule has 0 fully saturated rings. The normalized spacial score (nSPS) is 13.0. The quantitative estimate of drug-likeness (QED) is 0.266. The van der Waals surface area contributed by atoms with Gasteiger partial charge in [-0.05, 0) is 61.3 Å². The van der Waals surface area contributed by atoms with Gasteiger partial charge in [-0.25, -0.2) is 9.78 Å². The number of esters is 1. The topological polar surface area (TPSA) is 74.4 Å². The zero-order valence-electron chi connectivity index (χ0n) is 18.6. The maximum atomic E-state index is 11.5. The summed E-state index contributed by atoms with van der Waals surface area (Å²) >= 11 is 1.54. The highest BCUT2D eigenvalue weighted by atomic mass is 32.1. The number of rotatable bonds is 9. The van der Waals surface area contributed by atoms with Gasteiger partial charge in [0.05, 0.1) is 18.8 Å². The summed E-state index contributed by atoms with van der Waals surface area (Å²) in [5.41, 5.74) is 11.0. The van der Waals surface area contributed by atoms with Gasteiger partial charge in [0.1, 0.15) is 17.4 Å². The Hall–Kier alpha value is -3.22. The fourth-order valence-electron chi connectivity index (χ4n) is 3.18. The van der Waals surface area contributed by atoms with Crippen molar-refractivity contribution in [1.82, 2.24) is 4.98 Å². The second kappa shape index (κ2) is 11.4. The van der Waals surface area contributed by atoms with Gasteiger partial charge in [0.15, 0.2) is 0 Å². The summed E-state index contributed by atoms with van der Waals surface area (Å²) in [6.07, 6.45) is 4.40. The van der Waals surface area contributed by atoms with Crippen LogP contribution < -0.4 is 10.5 Å². The average molecular weight is 449 g/mol. The molecule has 1 atom stereocenters. The van der Waals surface area contributed by atoms with Crippen LogP contribution in [0.25, 0.3) is 6.08 Å². The molecule has 2 N–H and O–H groups in total. The van der Waals surface area contributed by atoms with Crippen LogP contribution in [0.4, 0.5) is 0 Å². The largest absolute Gasteiger partial charge is 0.489 e. The minimum absolute atomic E-state index is 0.189. The van der Waals surface area contributed by atoms with Crippen LogP contribution in [-0.4, -0.2) is 18.1 Å². The number of allylic oxidation sites excluding steroid dienone is 2. The number of ether oxygens (including phenoxy) is 2. The van der Waals surface area contributed by atoms with Crippen molar-refractivity contribution in [2.24, 2.45) is 5.73 Å². The number of hydrogen-bond acceptors (Lipinski definition) is 6. The summed E-state index contributed by atoms with van der Waals surface area (Å²) in [4.78, 5) is 16.2. The third-order valence-electron chi connectivity index (χ3n) is 4.81. The third kappa shape index (κ3) is 6.90. The van der Waals surface area contributed by atoms with Crippen LogP contribution in [0.1, 0.15) is 41.7 Å². The maximum Gasteiger partial charge on any atom is 0.333 e. The number of carbonyl (C=O) groups excluding carboxylic acids is 1. The molecule has 0 saturated carbocycles. The Bertz CT molecular complexity index is 1090. The van der Waals surface area contributed by atoms with Crippen molar-refractivity contribution in [3.63, 3.8) is 0 Å². The smallest absolute Gasteiger partial charge is 0.333 e.